The summed E-state index contributed by atoms with van der Waals surface area (Å²) in [5.74, 6) is -0.500. The number of rotatable bonds is 2. The summed E-state index contributed by atoms with van der Waals surface area (Å²) in [5, 5.41) is 4.08. The van der Waals surface area contributed by atoms with Crippen LogP contribution in [0.3, 0.4) is 0 Å². The van der Waals surface area contributed by atoms with Gasteiger partial charge in [0.25, 0.3) is 5.91 Å². The van der Waals surface area contributed by atoms with Gasteiger partial charge in [-0.15, -0.1) is 0 Å². The van der Waals surface area contributed by atoms with Crippen LogP contribution in [0.25, 0.3) is 5.69 Å². The summed E-state index contributed by atoms with van der Waals surface area (Å²) in [6.45, 7) is 1.91. The van der Waals surface area contributed by atoms with Gasteiger partial charge in [0.05, 0.1) is 17.4 Å². The standard InChI is InChI=1S/C11H11BrN4O/c1-6-2-10(8(12)3-9(6)13)16-5-7(4-15-16)11(14)17/h2-5H,13H2,1H3,(H2,14,17). The second kappa shape index (κ2) is 4.21. The second-order valence-corrected chi connectivity index (χ2v) is 4.55. The van der Waals surface area contributed by atoms with Gasteiger partial charge in [0.1, 0.15) is 0 Å². The molecule has 0 unspecified atom stereocenters. The van der Waals surface area contributed by atoms with Crippen molar-refractivity contribution in [3.05, 3.63) is 40.1 Å². The maximum atomic E-state index is 11.0. The lowest BCUT2D eigenvalue weighted by Gasteiger charge is -2.08. The highest BCUT2D eigenvalue weighted by Gasteiger charge is 2.09. The molecule has 0 aliphatic heterocycles. The molecule has 0 radical (unpaired) electrons. The molecule has 1 amide bonds. The molecule has 1 aromatic heterocycles. The van der Waals surface area contributed by atoms with Crippen LogP contribution in [0.5, 0.6) is 0 Å². The number of nitrogens with two attached hydrogens (primary N) is 2. The van der Waals surface area contributed by atoms with E-state index < -0.39 is 5.91 Å². The maximum absolute atomic E-state index is 11.0. The lowest BCUT2D eigenvalue weighted by Crippen LogP contribution is -2.09. The van der Waals surface area contributed by atoms with Gasteiger partial charge in [-0.3, -0.25) is 4.79 Å². The lowest BCUT2D eigenvalue weighted by atomic mass is 10.2. The number of primary amides is 1. The zero-order valence-electron chi connectivity index (χ0n) is 9.14. The van der Waals surface area contributed by atoms with E-state index in [1.165, 1.54) is 6.20 Å². The largest absolute Gasteiger partial charge is 0.398 e. The van der Waals surface area contributed by atoms with Gasteiger partial charge in [-0.25, -0.2) is 4.68 Å². The fourth-order valence-electron chi connectivity index (χ4n) is 1.44. The minimum Gasteiger partial charge on any atom is -0.398 e. The molecule has 1 heterocycles. The predicted octanol–water partition coefficient (Wildman–Crippen LogP) is 1.62. The van der Waals surface area contributed by atoms with E-state index in [1.807, 2.05) is 13.0 Å². The number of nitrogens with zero attached hydrogens (tertiary/aromatic N) is 2. The van der Waals surface area contributed by atoms with Crippen LogP contribution < -0.4 is 11.5 Å². The first kappa shape index (κ1) is 11.7. The zero-order valence-corrected chi connectivity index (χ0v) is 10.7. The van der Waals surface area contributed by atoms with E-state index in [-0.39, 0.29) is 0 Å². The van der Waals surface area contributed by atoms with E-state index in [0.717, 1.165) is 15.7 Å². The summed E-state index contributed by atoms with van der Waals surface area (Å²) in [4.78, 5) is 11.0. The third kappa shape index (κ3) is 2.16. The third-order valence-corrected chi connectivity index (χ3v) is 3.08. The molecule has 4 N–H and O–H groups in total. The molecule has 5 nitrogen and oxygen atoms in total. The van der Waals surface area contributed by atoms with Gasteiger partial charge < -0.3 is 11.5 Å². The number of carbonyl (C=O) groups is 1. The molecule has 88 valence electrons. The van der Waals surface area contributed by atoms with Crippen molar-refractivity contribution in [2.75, 3.05) is 5.73 Å². The average Bonchev–Trinajstić information content (AvgIpc) is 2.72. The molecule has 0 bridgehead atoms. The molecule has 0 saturated carbocycles. The summed E-state index contributed by atoms with van der Waals surface area (Å²) in [7, 11) is 0. The van der Waals surface area contributed by atoms with Crippen molar-refractivity contribution in [1.29, 1.82) is 0 Å². The van der Waals surface area contributed by atoms with Crippen molar-refractivity contribution < 1.29 is 4.79 Å². The normalized spacial score (nSPS) is 10.5. The van der Waals surface area contributed by atoms with E-state index in [1.54, 1.807) is 16.9 Å². The first-order chi connectivity index (χ1) is 7.99. The first-order valence-electron chi connectivity index (χ1n) is 4.89. The van der Waals surface area contributed by atoms with Gasteiger partial charge >= 0.3 is 0 Å². The topological polar surface area (TPSA) is 86.9 Å². The summed E-state index contributed by atoms with van der Waals surface area (Å²) >= 11 is 3.41. The van der Waals surface area contributed by atoms with Gasteiger partial charge in [0.15, 0.2) is 0 Å². The molecule has 0 aliphatic carbocycles. The van der Waals surface area contributed by atoms with Crippen molar-refractivity contribution >= 4 is 27.5 Å². The van der Waals surface area contributed by atoms with Gasteiger partial charge in [0.2, 0.25) is 0 Å². The first-order valence-corrected chi connectivity index (χ1v) is 5.69. The van der Waals surface area contributed by atoms with Crippen LogP contribution >= 0.6 is 15.9 Å². The van der Waals surface area contributed by atoms with E-state index in [2.05, 4.69) is 21.0 Å². The van der Waals surface area contributed by atoms with E-state index in [9.17, 15) is 4.79 Å². The number of amides is 1. The van der Waals surface area contributed by atoms with Crippen molar-refractivity contribution in [2.45, 2.75) is 6.92 Å². The molecule has 2 rings (SSSR count). The predicted molar refractivity (Wildman–Crippen MR) is 68.9 cm³/mol. The Balaban J connectivity index is 2.52. The van der Waals surface area contributed by atoms with Gasteiger partial charge in [-0.2, -0.15) is 5.10 Å². The highest BCUT2D eigenvalue weighted by atomic mass is 79.9. The lowest BCUT2D eigenvalue weighted by molar-refractivity contribution is 0.100. The van der Waals surface area contributed by atoms with Crippen LogP contribution in [0.15, 0.2) is 29.0 Å². The average molecular weight is 295 g/mol. The molecule has 17 heavy (non-hydrogen) atoms. The summed E-state index contributed by atoms with van der Waals surface area (Å²) in [6.07, 6.45) is 3.01. The van der Waals surface area contributed by atoms with Crippen LogP contribution in [0.2, 0.25) is 0 Å². The number of aromatic nitrogens is 2. The smallest absolute Gasteiger partial charge is 0.251 e. The molecule has 0 aliphatic rings. The Morgan fingerprint density at radius 1 is 1.47 bits per heavy atom. The van der Waals surface area contributed by atoms with E-state index >= 15 is 0 Å². The highest BCUT2D eigenvalue weighted by Crippen LogP contribution is 2.26. The fourth-order valence-corrected chi connectivity index (χ4v) is 1.98. The number of nitrogen functional groups attached to an aromatic ring is 1. The van der Waals surface area contributed by atoms with E-state index in [0.29, 0.717) is 11.3 Å². The highest BCUT2D eigenvalue weighted by molar-refractivity contribution is 9.10. The summed E-state index contributed by atoms with van der Waals surface area (Å²) in [6, 6.07) is 3.69. The Morgan fingerprint density at radius 2 is 2.18 bits per heavy atom. The Kier molecular flexibility index (Phi) is 2.89. The monoisotopic (exact) mass is 294 g/mol. The Bertz CT molecular complexity index is 591. The third-order valence-electron chi connectivity index (χ3n) is 2.45. The molecule has 6 heteroatoms. The quantitative estimate of drug-likeness (QED) is 0.825. The second-order valence-electron chi connectivity index (χ2n) is 3.70. The van der Waals surface area contributed by atoms with Gasteiger partial charge in [0, 0.05) is 16.4 Å². The van der Waals surface area contributed by atoms with Crippen molar-refractivity contribution in [3.63, 3.8) is 0 Å². The number of halogens is 1. The number of anilines is 1. The van der Waals surface area contributed by atoms with Crippen molar-refractivity contribution in [2.24, 2.45) is 5.73 Å². The molecule has 1 aromatic carbocycles. The summed E-state index contributed by atoms with van der Waals surface area (Å²) < 4.78 is 2.39. The maximum Gasteiger partial charge on any atom is 0.251 e. The Morgan fingerprint density at radius 3 is 2.76 bits per heavy atom. The molecule has 0 fully saturated rings. The van der Waals surface area contributed by atoms with Gasteiger partial charge in [-0.1, -0.05) is 0 Å². The number of hydrogen-bond donors (Lipinski definition) is 2. The van der Waals surface area contributed by atoms with Crippen molar-refractivity contribution in [1.82, 2.24) is 9.78 Å². The molecule has 0 spiro atoms. The SMILES string of the molecule is Cc1cc(-n2cc(C(N)=O)cn2)c(Br)cc1N. The number of benzene rings is 1. The molecule has 2 aromatic rings. The number of carbonyl (C=O) groups excluding carboxylic acids is 1. The molecule has 0 saturated heterocycles. The van der Waals surface area contributed by atoms with Crippen LogP contribution in [-0.4, -0.2) is 15.7 Å². The molecular formula is C11H11BrN4O. The van der Waals surface area contributed by atoms with Crippen LogP contribution in [0, 0.1) is 6.92 Å². The summed E-state index contributed by atoms with van der Waals surface area (Å²) in [5.41, 5.74) is 13.8. The Labute approximate surface area is 107 Å². The van der Waals surface area contributed by atoms with E-state index in [4.69, 9.17) is 11.5 Å². The van der Waals surface area contributed by atoms with Crippen LogP contribution in [0.4, 0.5) is 5.69 Å². The van der Waals surface area contributed by atoms with Gasteiger partial charge in [-0.05, 0) is 40.5 Å². The minimum absolute atomic E-state index is 0.367. The minimum atomic E-state index is -0.500. The molecule has 0 atom stereocenters. The zero-order chi connectivity index (χ0) is 12.6. The fraction of sp³-hybridized carbons (Fsp3) is 0.0909. The number of hydrogen-bond acceptors (Lipinski definition) is 3. The number of aryl methyl sites for hydroxylation is 1. The van der Waals surface area contributed by atoms with Crippen molar-refractivity contribution in [3.8, 4) is 5.69 Å². The molecular weight excluding hydrogens is 284 g/mol. The van der Waals surface area contributed by atoms with Crippen LogP contribution in [0.1, 0.15) is 15.9 Å². The Hall–Kier alpha value is -1.82. The van der Waals surface area contributed by atoms with Crippen LogP contribution in [-0.2, 0) is 0 Å².